The first-order valence-corrected chi connectivity index (χ1v) is 9.42. The molecule has 0 bridgehead atoms. The number of rotatable bonds is 5. The van der Waals surface area contributed by atoms with Crippen LogP contribution in [-0.2, 0) is 13.1 Å². The Morgan fingerprint density at radius 3 is 2.68 bits per heavy atom. The summed E-state index contributed by atoms with van der Waals surface area (Å²) in [6.07, 6.45) is 5.54. The number of nitrogens with zero attached hydrogens (tertiary/aromatic N) is 1. The predicted molar refractivity (Wildman–Crippen MR) is 99.6 cm³/mol. The summed E-state index contributed by atoms with van der Waals surface area (Å²) < 4.78 is 5.44. The molecule has 1 saturated heterocycles. The molecule has 0 spiro atoms. The minimum absolute atomic E-state index is 0.745. The molecule has 3 N–H and O–H groups in total. The Balaban J connectivity index is 1.69. The van der Waals surface area contributed by atoms with Gasteiger partial charge in [-0.1, -0.05) is 12.1 Å². The Hall–Kier alpha value is -2.04. The third-order valence-corrected chi connectivity index (χ3v) is 5.25. The van der Waals surface area contributed by atoms with E-state index in [4.69, 9.17) is 16.0 Å². The van der Waals surface area contributed by atoms with Crippen molar-refractivity contribution in [3.63, 3.8) is 0 Å². The van der Waals surface area contributed by atoms with Gasteiger partial charge >= 0.3 is 0 Å². The van der Waals surface area contributed by atoms with Gasteiger partial charge in [0.2, 0.25) is 5.52 Å². The van der Waals surface area contributed by atoms with E-state index in [0.717, 1.165) is 42.6 Å². The fourth-order valence-electron chi connectivity index (χ4n) is 3.71. The van der Waals surface area contributed by atoms with Gasteiger partial charge in [-0.2, -0.15) is 4.98 Å². The van der Waals surface area contributed by atoms with Crippen molar-refractivity contribution in [2.24, 2.45) is 0 Å². The smallest absolute Gasteiger partial charge is 0.284 e. The van der Waals surface area contributed by atoms with E-state index in [-0.39, 0.29) is 0 Å². The van der Waals surface area contributed by atoms with E-state index >= 15 is 0 Å². The molecule has 1 aliphatic heterocycles. The summed E-state index contributed by atoms with van der Waals surface area (Å²) in [5, 5.41) is 4.25. The Morgan fingerprint density at radius 2 is 1.88 bits per heavy atom. The number of fused-ring (bicyclic) bond motifs is 1. The maximum atomic E-state index is 6.66. The lowest BCUT2D eigenvalue weighted by Gasteiger charge is -2.30. The van der Waals surface area contributed by atoms with Crippen molar-refractivity contribution in [3.8, 4) is 0 Å². The number of nitrogens with two attached hydrogens (primary N) is 1. The van der Waals surface area contributed by atoms with Crippen molar-refractivity contribution in [2.45, 2.75) is 32.4 Å². The molecule has 1 aliphatic rings. The Kier molecular flexibility index (Phi) is 4.90. The molecule has 3 aromatic rings. The first-order chi connectivity index (χ1) is 12.3. The van der Waals surface area contributed by atoms with Crippen molar-refractivity contribution in [3.05, 3.63) is 59.1 Å². The number of pyridine rings is 1. The minimum Gasteiger partial charge on any atom is -0.463 e. The Bertz CT molecular complexity index is 842. The van der Waals surface area contributed by atoms with Gasteiger partial charge in [-0.05, 0) is 49.1 Å². The molecule has 0 saturated carbocycles. The van der Waals surface area contributed by atoms with Crippen LogP contribution in [0.15, 0.2) is 47.1 Å². The highest BCUT2D eigenvalue weighted by Crippen LogP contribution is 2.33. The summed E-state index contributed by atoms with van der Waals surface area (Å²) in [5.74, 6) is 0.986. The van der Waals surface area contributed by atoms with Crippen LogP contribution < -0.4 is 15.2 Å². The molecule has 0 radical (unpaired) electrons. The van der Waals surface area contributed by atoms with Gasteiger partial charge in [0.15, 0.2) is 5.76 Å². The third kappa shape index (κ3) is 3.51. The number of hydrogen-bond acceptors (Lipinski definition) is 2. The zero-order valence-electron chi connectivity index (χ0n) is 14.3. The number of anilines is 1. The molecule has 5 heteroatoms. The molecule has 3 heterocycles. The lowest BCUT2D eigenvalue weighted by Crippen LogP contribution is -2.80. The molecular formula is C20H24ClN3O+2. The summed E-state index contributed by atoms with van der Waals surface area (Å²) in [6, 6.07) is 12.4. The molecule has 0 atom stereocenters. The molecule has 0 aliphatic carbocycles. The van der Waals surface area contributed by atoms with Crippen LogP contribution in [0.1, 0.15) is 30.6 Å². The first kappa shape index (κ1) is 16.4. The molecule has 4 nitrogen and oxygen atoms in total. The number of para-hydroxylation sites is 1. The number of aromatic nitrogens is 1. The van der Waals surface area contributed by atoms with Gasteiger partial charge in [0, 0.05) is 19.2 Å². The number of nitrogens with one attached hydrogen (secondary N) is 1. The SMILES string of the molecule is Clc1[nH+]c2ccccc2c(N2CCCCC2)c1C[NH2+]Cc1ccco1. The Morgan fingerprint density at radius 1 is 1.04 bits per heavy atom. The molecule has 130 valence electrons. The minimum atomic E-state index is 0.745. The highest BCUT2D eigenvalue weighted by molar-refractivity contribution is 6.30. The monoisotopic (exact) mass is 357 g/mol. The number of hydrogen-bond donors (Lipinski definition) is 1. The van der Waals surface area contributed by atoms with Crippen LogP contribution in [0.4, 0.5) is 5.69 Å². The van der Waals surface area contributed by atoms with E-state index < -0.39 is 0 Å². The van der Waals surface area contributed by atoms with Crippen LogP contribution in [0, 0.1) is 0 Å². The van der Waals surface area contributed by atoms with E-state index in [9.17, 15) is 0 Å². The van der Waals surface area contributed by atoms with E-state index in [1.807, 2.05) is 12.1 Å². The maximum Gasteiger partial charge on any atom is 0.284 e. The van der Waals surface area contributed by atoms with E-state index in [1.54, 1.807) is 6.26 Å². The van der Waals surface area contributed by atoms with Gasteiger partial charge in [0.25, 0.3) is 5.15 Å². The van der Waals surface area contributed by atoms with Gasteiger partial charge in [-0.15, -0.1) is 0 Å². The highest BCUT2D eigenvalue weighted by atomic mass is 35.5. The molecule has 25 heavy (non-hydrogen) atoms. The average Bonchev–Trinajstić information content (AvgIpc) is 3.16. The second-order valence-corrected chi connectivity index (χ2v) is 7.01. The summed E-state index contributed by atoms with van der Waals surface area (Å²) in [5.41, 5.74) is 3.59. The lowest BCUT2D eigenvalue weighted by atomic mass is 10.0. The summed E-state index contributed by atoms with van der Waals surface area (Å²) >= 11 is 6.66. The number of piperidine rings is 1. The maximum absolute atomic E-state index is 6.66. The highest BCUT2D eigenvalue weighted by Gasteiger charge is 2.25. The molecule has 2 aromatic heterocycles. The quantitative estimate of drug-likeness (QED) is 0.713. The van der Waals surface area contributed by atoms with Crippen LogP contribution in [0.2, 0.25) is 5.15 Å². The van der Waals surface area contributed by atoms with Crippen molar-refractivity contribution < 1.29 is 14.7 Å². The number of quaternary nitrogens is 1. The molecule has 1 aromatic carbocycles. The van der Waals surface area contributed by atoms with Gasteiger partial charge in [-0.3, -0.25) is 0 Å². The number of H-pyrrole nitrogens is 1. The van der Waals surface area contributed by atoms with Crippen LogP contribution in [0.5, 0.6) is 0 Å². The molecule has 0 unspecified atom stereocenters. The number of halogens is 1. The van der Waals surface area contributed by atoms with Crippen molar-refractivity contribution in [1.29, 1.82) is 0 Å². The van der Waals surface area contributed by atoms with Crippen molar-refractivity contribution >= 4 is 28.2 Å². The number of benzene rings is 1. The van der Waals surface area contributed by atoms with Gasteiger partial charge in [0.05, 0.1) is 17.3 Å². The predicted octanol–water partition coefficient (Wildman–Crippen LogP) is 3.15. The standard InChI is InChI=1S/C20H22ClN3O/c21-20-17(14-22-13-15-7-6-12-25-15)19(24-10-4-1-5-11-24)16-8-2-3-9-18(16)23-20/h2-3,6-9,12,22H,1,4-5,10-11,13-14H2/p+2. The molecule has 4 rings (SSSR count). The van der Waals surface area contributed by atoms with Crippen molar-refractivity contribution in [1.82, 2.24) is 0 Å². The zero-order chi connectivity index (χ0) is 17.1. The molecular weight excluding hydrogens is 334 g/mol. The summed E-state index contributed by atoms with van der Waals surface area (Å²) in [7, 11) is 0. The summed E-state index contributed by atoms with van der Waals surface area (Å²) in [6.45, 7) is 3.85. The van der Waals surface area contributed by atoms with Crippen LogP contribution in [0.3, 0.4) is 0 Å². The Labute approximate surface area is 152 Å². The molecule has 1 fully saturated rings. The van der Waals surface area contributed by atoms with Gasteiger partial charge < -0.3 is 14.6 Å². The van der Waals surface area contributed by atoms with Crippen LogP contribution in [0.25, 0.3) is 10.9 Å². The second-order valence-electron chi connectivity index (χ2n) is 6.64. The van der Waals surface area contributed by atoms with Crippen LogP contribution in [-0.4, -0.2) is 13.1 Å². The van der Waals surface area contributed by atoms with Gasteiger partial charge in [-0.25, -0.2) is 0 Å². The molecule has 0 amide bonds. The normalized spacial score (nSPS) is 15.0. The van der Waals surface area contributed by atoms with E-state index in [2.05, 4.69) is 39.5 Å². The van der Waals surface area contributed by atoms with Gasteiger partial charge in [0.1, 0.15) is 18.7 Å². The average molecular weight is 358 g/mol. The third-order valence-electron chi connectivity index (χ3n) is 4.92. The second kappa shape index (κ2) is 7.46. The largest absolute Gasteiger partial charge is 0.463 e. The fraction of sp³-hybridized carbons (Fsp3) is 0.350. The summed E-state index contributed by atoms with van der Waals surface area (Å²) in [4.78, 5) is 5.89. The van der Waals surface area contributed by atoms with Crippen molar-refractivity contribution in [2.75, 3.05) is 18.0 Å². The lowest BCUT2D eigenvalue weighted by molar-refractivity contribution is -0.688. The number of furan rings is 1. The topological polar surface area (TPSA) is 47.1 Å². The first-order valence-electron chi connectivity index (χ1n) is 9.04. The fourth-order valence-corrected chi connectivity index (χ4v) is 3.98. The van der Waals surface area contributed by atoms with E-state index in [1.165, 1.54) is 35.9 Å². The van der Waals surface area contributed by atoms with E-state index in [0.29, 0.717) is 0 Å². The van der Waals surface area contributed by atoms with Crippen LogP contribution >= 0.6 is 11.6 Å². The zero-order valence-corrected chi connectivity index (χ0v) is 15.1. The number of aromatic amines is 1.